The van der Waals surface area contributed by atoms with E-state index in [0.717, 1.165) is 11.8 Å². The Balaban J connectivity index is 1.81. The van der Waals surface area contributed by atoms with Crippen LogP contribution >= 0.6 is 11.3 Å². The fourth-order valence-electron chi connectivity index (χ4n) is 4.08. The molecule has 1 heterocycles. The molecule has 0 nitrogen and oxygen atoms in total. The molecule has 88 valence electrons. The summed E-state index contributed by atoms with van der Waals surface area (Å²) in [4.78, 5) is 1.50. The summed E-state index contributed by atoms with van der Waals surface area (Å²) >= 11 is 1.96. The lowest BCUT2D eigenvalue weighted by molar-refractivity contribution is 0.567. The lowest BCUT2D eigenvalue weighted by Crippen LogP contribution is -1.99. The first-order chi connectivity index (χ1) is 8.92. The summed E-state index contributed by atoms with van der Waals surface area (Å²) in [5.41, 5.74) is 4.78. The Hall–Kier alpha value is -1.34. The van der Waals surface area contributed by atoms with E-state index in [0.29, 0.717) is 0 Å². The highest BCUT2D eigenvalue weighted by atomic mass is 32.1. The Kier molecular flexibility index (Phi) is 1.68. The predicted molar refractivity (Wildman–Crippen MR) is 78.6 cm³/mol. The van der Waals surface area contributed by atoms with Gasteiger partial charge in [-0.3, -0.25) is 0 Å². The van der Waals surface area contributed by atoms with Gasteiger partial charge in [-0.25, -0.2) is 0 Å². The van der Waals surface area contributed by atoms with Crippen LogP contribution in [0.3, 0.4) is 0 Å². The molecule has 3 aliphatic rings. The average molecular weight is 250 g/mol. The van der Waals surface area contributed by atoms with Crippen LogP contribution in [-0.4, -0.2) is 0 Å². The van der Waals surface area contributed by atoms with Gasteiger partial charge in [0.1, 0.15) is 0 Å². The Labute approximate surface area is 111 Å². The maximum atomic E-state index is 2.58. The second kappa shape index (κ2) is 3.16. The van der Waals surface area contributed by atoms with Crippen LogP contribution in [0.25, 0.3) is 21.7 Å². The number of rotatable bonds is 0. The van der Waals surface area contributed by atoms with Gasteiger partial charge in [-0.15, -0.1) is 11.3 Å². The molecule has 1 heteroatoms. The van der Waals surface area contributed by atoms with Crippen LogP contribution in [0.1, 0.15) is 29.7 Å². The Morgan fingerprint density at radius 2 is 2.06 bits per heavy atom. The van der Waals surface area contributed by atoms with Crippen molar-refractivity contribution in [3.05, 3.63) is 46.4 Å². The van der Waals surface area contributed by atoms with E-state index in [2.05, 4.69) is 36.4 Å². The van der Waals surface area contributed by atoms with Gasteiger partial charge >= 0.3 is 0 Å². The van der Waals surface area contributed by atoms with Crippen LogP contribution in [0.2, 0.25) is 0 Å². The summed E-state index contributed by atoms with van der Waals surface area (Å²) in [6, 6.07) is 8.86. The smallest absolute Gasteiger partial charge is 0.0364 e. The van der Waals surface area contributed by atoms with E-state index in [1.165, 1.54) is 34.2 Å². The highest BCUT2D eigenvalue weighted by Gasteiger charge is 2.39. The summed E-state index contributed by atoms with van der Waals surface area (Å²) in [5.74, 6) is 1.69. The highest BCUT2D eigenvalue weighted by molar-refractivity contribution is 7.20. The summed E-state index contributed by atoms with van der Waals surface area (Å²) in [6.07, 6.45) is 9.30. The summed E-state index contributed by atoms with van der Waals surface area (Å²) in [6.45, 7) is 0. The zero-order valence-electron chi connectivity index (χ0n) is 10.1. The monoisotopic (exact) mass is 250 g/mol. The van der Waals surface area contributed by atoms with Crippen LogP contribution in [0.15, 0.2) is 35.9 Å². The SMILES string of the molecule is C1=C2C(=Cc3sc4ccccc4c32)C2CCCC12. The molecule has 1 fully saturated rings. The fourth-order valence-corrected chi connectivity index (χ4v) is 5.25. The molecule has 1 aromatic carbocycles. The van der Waals surface area contributed by atoms with E-state index in [9.17, 15) is 0 Å². The maximum absolute atomic E-state index is 2.58. The number of benzene rings is 1. The van der Waals surface area contributed by atoms with Crippen molar-refractivity contribution < 1.29 is 0 Å². The number of fused-ring (bicyclic) bond motifs is 7. The summed E-state index contributed by atoms with van der Waals surface area (Å²) in [5, 5.41) is 1.47. The fraction of sp³-hybridized carbons (Fsp3) is 0.294. The largest absolute Gasteiger partial charge is 0.135 e. The standard InChI is InChI=1S/C17H14S/c1-2-7-15-12(5-1)17-14-8-10-4-3-6-11(10)13(14)9-16(17)18-15/h1-2,5,7-11H,3-4,6H2. The lowest BCUT2D eigenvalue weighted by Gasteiger charge is -2.09. The van der Waals surface area contributed by atoms with Crippen molar-refractivity contribution in [1.82, 2.24) is 0 Å². The first-order valence-electron chi connectivity index (χ1n) is 6.87. The molecule has 2 aromatic rings. The minimum Gasteiger partial charge on any atom is -0.135 e. The lowest BCUT2D eigenvalue weighted by atomic mass is 9.95. The Morgan fingerprint density at radius 1 is 1.11 bits per heavy atom. The molecule has 0 amide bonds. The first-order valence-corrected chi connectivity index (χ1v) is 7.69. The van der Waals surface area contributed by atoms with E-state index in [4.69, 9.17) is 0 Å². The summed E-state index contributed by atoms with van der Waals surface area (Å²) < 4.78 is 1.44. The van der Waals surface area contributed by atoms with Gasteiger partial charge in [-0.1, -0.05) is 30.7 Å². The third-order valence-corrected chi connectivity index (χ3v) is 5.96. The minimum atomic E-state index is 0.845. The third kappa shape index (κ3) is 1.03. The van der Waals surface area contributed by atoms with Crippen LogP contribution in [0, 0.1) is 11.8 Å². The molecule has 0 saturated heterocycles. The van der Waals surface area contributed by atoms with Crippen LogP contribution in [0.5, 0.6) is 0 Å². The van der Waals surface area contributed by atoms with Gasteiger partial charge in [0.2, 0.25) is 0 Å². The van der Waals surface area contributed by atoms with E-state index in [1.54, 1.807) is 16.7 Å². The van der Waals surface area contributed by atoms with Gasteiger partial charge < -0.3 is 0 Å². The van der Waals surface area contributed by atoms with Crippen LogP contribution in [0.4, 0.5) is 0 Å². The topological polar surface area (TPSA) is 0 Å². The Bertz CT molecular complexity index is 729. The van der Waals surface area contributed by atoms with Crippen LogP contribution in [-0.2, 0) is 0 Å². The van der Waals surface area contributed by atoms with Gasteiger partial charge in [0.05, 0.1) is 0 Å². The highest BCUT2D eigenvalue weighted by Crippen LogP contribution is 2.56. The quantitative estimate of drug-likeness (QED) is 0.609. The zero-order chi connectivity index (χ0) is 11.7. The number of hydrogen-bond donors (Lipinski definition) is 0. The molecule has 2 unspecified atom stereocenters. The van der Waals surface area contributed by atoms with E-state index >= 15 is 0 Å². The molecular formula is C17H14S. The molecule has 0 N–H and O–H groups in total. The van der Waals surface area contributed by atoms with E-state index < -0.39 is 0 Å². The van der Waals surface area contributed by atoms with Crippen molar-refractivity contribution in [3.8, 4) is 0 Å². The molecule has 0 radical (unpaired) electrons. The van der Waals surface area contributed by atoms with Crippen molar-refractivity contribution in [2.24, 2.45) is 11.8 Å². The molecule has 3 aliphatic carbocycles. The first kappa shape index (κ1) is 9.57. The van der Waals surface area contributed by atoms with Crippen molar-refractivity contribution in [3.63, 3.8) is 0 Å². The molecular weight excluding hydrogens is 236 g/mol. The average Bonchev–Trinajstić information content (AvgIpc) is 3.05. The predicted octanol–water partition coefficient (Wildman–Crippen LogP) is 5.11. The minimum absolute atomic E-state index is 0.845. The molecule has 5 rings (SSSR count). The molecule has 0 spiro atoms. The number of allylic oxidation sites excluding steroid dienone is 3. The van der Waals surface area contributed by atoms with Gasteiger partial charge in [-0.2, -0.15) is 0 Å². The van der Waals surface area contributed by atoms with E-state index in [-0.39, 0.29) is 0 Å². The normalized spacial score (nSPS) is 28.0. The van der Waals surface area contributed by atoms with Crippen molar-refractivity contribution in [2.75, 3.05) is 0 Å². The molecule has 2 atom stereocenters. The second-order valence-electron chi connectivity index (χ2n) is 5.72. The van der Waals surface area contributed by atoms with Gasteiger partial charge in [0, 0.05) is 20.5 Å². The van der Waals surface area contributed by atoms with Gasteiger partial charge in [-0.05, 0) is 48.0 Å². The second-order valence-corrected chi connectivity index (χ2v) is 6.80. The third-order valence-electron chi connectivity index (χ3n) is 4.84. The molecule has 0 aliphatic heterocycles. The zero-order valence-corrected chi connectivity index (χ0v) is 11.0. The number of hydrogen-bond acceptors (Lipinski definition) is 1. The molecule has 18 heavy (non-hydrogen) atoms. The van der Waals surface area contributed by atoms with E-state index in [1.807, 2.05) is 11.3 Å². The van der Waals surface area contributed by atoms with Crippen LogP contribution < -0.4 is 0 Å². The molecule has 1 saturated carbocycles. The van der Waals surface area contributed by atoms with Crippen molar-refractivity contribution >= 4 is 33.1 Å². The number of thiophene rings is 1. The Morgan fingerprint density at radius 3 is 3.06 bits per heavy atom. The van der Waals surface area contributed by atoms with Crippen molar-refractivity contribution in [2.45, 2.75) is 19.3 Å². The van der Waals surface area contributed by atoms with Gasteiger partial charge in [0.25, 0.3) is 0 Å². The van der Waals surface area contributed by atoms with Crippen molar-refractivity contribution in [1.29, 1.82) is 0 Å². The maximum Gasteiger partial charge on any atom is 0.0364 e. The molecule has 0 bridgehead atoms. The molecule has 1 aromatic heterocycles. The van der Waals surface area contributed by atoms with Gasteiger partial charge in [0.15, 0.2) is 0 Å². The summed E-state index contributed by atoms with van der Waals surface area (Å²) in [7, 11) is 0.